The smallest absolute Gasteiger partial charge is 0.265 e. The van der Waals surface area contributed by atoms with Crippen LogP contribution in [0.15, 0.2) is 70.3 Å². The Labute approximate surface area is 221 Å². The maximum Gasteiger partial charge on any atom is 0.265 e. The molecule has 0 saturated heterocycles. The average molecular weight is 540 g/mol. The fourth-order valence-corrected chi connectivity index (χ4v) is 5.73. The second kappa shape index (κ2) is 12.1. The van der Waals surface area contributed by atoms with Crippen LogP contribution in [0.3, 0.4) is 0 Å². The molecule has 2 heterocycles. The van der Waals surface area contributed by atoms with Gasteiger partial charge in [0.1, 0.15) is 0 Å². The minimum Gasteiger partial charge on any atom is -0.493 e. The molecule has 2 N–H and O–H groups in total. The van der Waals surface area contributed by atoms with Crippen LogP contribution in [0.4, 0.5) is 10.8 Å². The lowest BCUT2D eigenvalue weighted by molar-refractivity contribution is -0.115. The largest absolute Gasteiger partial charge is 0.493 e. The number of thiazole rings is 1. The first-order valence-electron chi connectivity index (χ1n) is 11.1. The van der Waals surface area contributed by atoms with E-state index in [-0.39, 0.29) is 17.1 Å². The van der Waals surface area contributed by atoms with Crippen molar-refractivity contribution in [3.63, 3.8) is 0 Å². The number of amides is 2. The second-order valence-corrected chi connectivity index (χ2v) is 10.7. The number of carbonyl (C=O) groups is 2. The molecule has 36 heavy (non-hydrogen) atoms. The SMILES string of the molecule is CCC(Sc1cccc(NC(=O)c2cccs2)c1)C(=O)Nc1nc(-c2ccc(OC)c(OC)c2)cs1. The maximum absolute atomic E-state index is 13.0. The fourth-order valence-electron chi connectivity index (χ4n) is 3.38. The molecule has 0 spiro atoms. The van der Waals surface area contributed by atoms with Crippen LogP contribution in [0.2, 0.25) is 0 Å². The summed E-state index contributed by atoms with van der Waals surface area (Å²) in [7, 11) is 3.18. The highest BCUT2D eigenvalue weighted by molar-refractivity contribution is 8.00. The zero-order valence-corrected chi connectivity index (χ0v) is 22.4. The molecule has 0 aliphatic carbocycles. The summed E-state index contributed by atoms with van der Waals surface area (Å²) in [4.78, 5) is 31.5. The lowest BCUT2D eigenvalue weighted by Gasteiger charge is -2.14. The quantitative estimate of drug-likeness (QED) is 0.219. The van der Waals surface area contributed by atoms with Gasteiger partial charge < -0.3 is 20.1 Å². The Morgan fingerprint density at radius 2 is 1.83 bits per heavy atom. The number of benzene rings is 2. The van der Waals surface area contributed by atoms with Gasteiger partial charge in [-0.1, -0.05) is 19.1 Å². The third-order valence-electron chi connectivity index (χ3n) is 5.19. The summed E-state index contributed by atoms with van der Waals surface area (Å²) < 4.78 is 10.7. The summed E-state index contributed by atoms with van der Waals surface area (Å²) in [6.45, 7) is 1.97. The van der Waals surface area contributed by atoms with Gasteiger partial charge in [0.15, 0.2) is 16.6 Å². The van der Waals surface area contributed by atoms with Crippen molar-refractivity contribution in [1.82, 2.24) is 4.98 Å². The Balaban J connectivity index is 1.40. The number of hydrogen-bond acceptors (Lipinski definition) is 8. The number of carbonyl (C=O) groups excluding carboxylic acids is 2. The van der Waals surface area contributed by atoms with Crippen LogP contribution < -0.4 is 20.1 Å². The first-order chi connectivity index (χ1) is 17.5. The molecule has 0 bridgehead atoms. The van der Waals surface area contributed by atoms with Gasteiger partial charge in [0, 0.05) is 21.5 Å². The van der Waals surface area contributed by atoms with Gasteiger partial charge in [0.2, 0.25) is 5.91 Å². The molecular weight excluding hydrogens is 515 g/mol. The van der Waals surface area contributed by atoms with E-state index in [1.165, 1.54) is 34.4 Å². The molecule has 0 saturated carbocycles. The van der Waals surface area contributed by atoms with Crippen molar-refractivity contribution in [3.05, 3.63) is 70.2 Å². The first kappa shape index (κ1) is 25.7. The summed E-state index contributed by atoms with van der Waals surface area (Å²) in [5.41, 5.74) is 2.30. The highest BCUT2D eigenvalue weighted by Crippen LogP contribution is 2.34. The van der Waals surface area contributed by atoms with Crippen molar-refractivity contribution < 1.29 is 19.1 Å². The number of hydrogen-bond donors (Lipinski definition) is 2. The van der Waals surface area contributed by atoms with Crippen molar-refractivity contribution in [2.75, 3.05) is 24.9 Å². The monoisotopic (exact) mass is 539 g/mol. The van der Waals surface area contributed by atoms with Crippen molar-refractivity contribution >= 4 is 57.1 Å². The normalized spacial score (nSPS) is 11.5. The molecule has 2 aromatic carbocycles. The fraction of sp³-hybridized carbons (Fsp3) is 0.192. The maximum atomic E-state index is 13.0. The third kappa shape index (κ3) is 6.26. The highest BCUT2D eigenvalue weighted by atomic mass is 32.2. The van der Waals surface area contributed by atoms with E-state index in [0.717, 1.165) is 16.2 Å². The molecule has 186 valence electrons. The molecule has 10 heteroatoms. The summed E-state index contributed by atoms with van der Waals surface area (Å²) >= 11 is 4.21. The van der Waals surface area contributed by atoms with E-state index in [1.807, 2.05) is 66.2 Å². The lowest BCUT2D eigenvalue weighted by atomic mass is 10.1. The number of aromatic nitrogens is 1. The standard InChI is InChI=1S/C26H25N3O4S3/c1-4-22(36-18-8-5-7-17(14-18)27-25(31)23-9-6-12-34-23)24(30)29-26-28-19(15-35-26)16-10-11-20(32-2)21(13-16)33-3/h5-15,22H,4H2,1-3H3,(H,27,31)(H,28,29,30). The molecule has 1 unspecified atom stereocenters. The number of thiophene rings is 1. The Morgan fingerprint density at radius 1 is 1.00 bits per heavy atom. The number of nitrogens with one attached hydrogen (secondary N) is 2. The molecule has 2 amide bonds. The van der Waals surface area contributed by atoms with Gasteiger partial charge in [0.05, 0.1) is 30.0 Å². The number of ether oxygens (including phenoxy) is 2. The molecule has 0 aliphatic heterocycles. The molecular formula is C26H25N3O4S3. The van der Waals surface area contributed by atoms with Crippen LogP contribution in [-0.2, 0) is 4.79 Å². The van der Waals surface area contributed by atoms with Crippen molar-refractivity contribution in [1.29, 1.82) is 0 Å². The summed E-state index contributed by atoms with van der Waals surface area (Å²) in [5.74, 6) is 0.988. The molecule has 1 atom stereocenters. The summed E-state index contributed by atoms with van der Waals surface area (Å²) in [6, 6.07) is 16.7. The van der Waals surface area contributed by atoms with Crippen LogP contribution >= 0.6 is 34.4 Å². The van der Waals surface area contributed by atoms with Crippen LogP contribution in [0, 0.1) is 0 Å². The number of anilines is 2. The van der Waals surface area contributed by atoms with E-state index in [0.29, 0.717) is 33.6 Å². The molecule has 7 nitrogen and oxygen atoms in total. The summed E-state index contributed by atoms with van der Waals surface area (Å²) in [5, 5.41) is 9.82. The van der Waals surface area contributed by atoms with Gasteiger partial charge in [-0.2, -0.15) is 0 Å². The minimum absolute atomic E-state index is 0.122. The second-order valence-electron chi connectivity index (χ2n) is 7.57. The molecule has 4 aromatic rings. The lowest BCUT2D eigenvalue weighted by Crippen LogP contribution is -2.24. The first-order valence-corrected chi connectivity index (χ1v) is 13.7. The van der Waals surface area contributed by atoms with E-state index in [2.05, 4.69) is 15.6 Å². The Kier molecular flexibility index (Phi) is 8.63. The van der Waals surface area contributed by atoms with Crippen molar-refractivity contribution in [2.45, 2.75) is 23.5 Å². The Bertz CT molecular complexity index is 1340. The third-order valence-corrected chi connectivity index (χ3v) is 8.18. The topological polar surface area (TPSA) is 89.6 Å². The minimum atomic E-state index is -0.318. The molecule has 0 fully saturated rings. The van der Waals surface area contributed by atoms with E-state index in [1.54, 1.807) is 20.3 Å². The zero-order valence-electron chi connectivity index (χ0n) is 19.9. The van der Waals surface area contributed by atoms with Crippen LogP contribution in [0.5, 0.6) is 11.5 Å². The van der Waals surface area contributed by atoms with Gasteiger partial charge in [-0.05, 0) is 54.3 Å². The van der Waals surface area contributed by atoms with E-state index >= 15 is 0 Å². The predicted molar refractivity (Wildman–Crippen MR) is 148 cm³/mol. The van der Waals surface area contributed by atoms with E-state index in [4.69, 9.17) is 9.47 Å². The predicted octanol–water partition coefficient (Wildman–Crippen LogP) is 6.65. The van der Waals surface area contributed by atoms with Crippen LogP contribution in [0.25, 0.3) is 11.3 Å². The number of thioether (sulfide) groups is 1. The van der Waals surface area contributed by atoms with Crippen molar-refractivity contribution in [3.8, 4) is 22.8 Å². The van der Waals surface area contributed by atoms with E-state index < -0.39 is 0 Å². The number of methoxy groups -OCH3 is 2. The summed E-state index contributed by atoms with van der Waals surface area (Å²) in [6.07, 6.45) is 0.635. The van der Waals surface area contributed by atoms with Crippen LogP contribution in [-0.4, -0.2) is 36.3 Å². The molecule has 2 aromatic heterocycles. The Morgan fingerprint density at radius 3 is 2.56 bits per heavy atom. The van der Waals surface area contributed by atoms with Gasteiger partial charge in [-0.25, -0.2) is 4.98 Å². The number of nitrogens with zero attached hydrogens (tertiary/aromatic N) is 1. The molecule has 0 radical (unpaired) electrons. The van der Waals surface area contributed by atoms with Gasteiger partial charge in [-0.15, -0.1) is 34.4 Å². The Hall–Kier alpha value is -3.34. The van der Waals surface area contributed by atoms with E-state index in [9.17, 15) is 9.59 Å². The number of rotatable bonds is 10. The van der Waals surface area contributed by atoms with Gasteiger partial charge in [-0.3, -0.25) is 9.59 Å². The van der Waals surface area contributed by atoms with Crippen LogP contribution in [0.1, 0.15) is 23.0 Å². The van der Waals surface area contributed by atoms with Crippen molar-refractivity contribution in [2.24, 2.45) is 0 Å². The van der Waals surface area contributed by atoms with Gasteiger partial charge >= 0.3 is 0 Å². The highest BCUT2D eigenvalue weighted by Gasteiger charge is 2.20. The van der Waals surface area contributed by atoms with Gasteiger partial charge in [0.25, 0.3) is 5.91 Å². The molecule has 0 aliphatic rings. The molecule has 4 rings (SSSR count). The average Bonchev–Trinajstić information content (AvgIpc) is 3.60. The zero-order chi connectivity index (χ0) is 25.5.